The molecule has 1 aromatic carbocycles. The Hall–Kier alpha value is -1.79. The van der Waals surface area contributed by atoms with Gasteiger partial charge in [0.25, 0.3) is 0 Å². The number of rotatable bonds is 5. The maximum absolute atomic E-state index is 11.2. The molecular weight excluding hydrogens is 234 g/mol. The fourth-order valence-electron chi connectivity index (χ4n) is 1.96. The van der Waals surface area contributed by atoms with E-state index in [9.17, 15) is 4.79 Å². The van der Waals surface area contributed by atoms with Crippen LogP contribution in [0.3, 0.4) is 0 Å². The third-order valence-corrected chi connectivity index (χ3v) is 2.78. The van der Waals surface area contributed by atoms with Gasteiger partial charge in [0.2, 0.25) is 0 Å². The van der Waals surface area contributed by atoms with Gasteiger partial charge in [-0.3, -0.25) is 0 Å². The van der Waals surface area contributed by atoms with E-state index < -0.39 is 0 Å². The van der Waals surface area contributed by atoms with Crippen molar-refractivity contribution in [3.8, 4) is 0 Å². The van der Waals surface area contributed by atoms with Crippen molar-refractivity contribution in [2.24, 2.45) is 0 Å². The zero-order valence-corrected chi connectivity index (χ0v) is 10.6. The van der Waals surface area contributed by atoms with Crippen LogP contribution in [0.25, 0.3) is 11.0 Å². The van der Waals surface area contributed by atoms with E-state index in [0.717, 1.165) is 16.7 Å². The van der Waals surface area contributed by atoms with Crippen molar-refractivity contribution < 1.29 is 9.47 Å². The SMILES string of the molecule is COC(OC)C(C)Nc1ccc2[nH]c(=O)[nH]c2c1. The molecule has 0 amide bonds. The second kappa shape index (κ2) is 5.24. The Morgan fingerprint density at radius 1 is 1.17 bits per heavy atom. The molecule has 0 spiro atoms. The van der Waals surface area contributed by atoms with E-state index in [-0.39, 0.29) is 18.0 Å². The quantitative estimate of drug-likeness (QED) is 0.699. The van der Waals surface area contributed by atoms with Crippen LogP contribution in [0.4, 0.5) is 5.69 Å². The van der Waals surface area contributed by atoms with Gasteiger partial charge in [-0.2, -0.15) is 0 Å². The van der Waals surface area contributed by atoms with Gasteiger partial charge in [0.1, 0.15) is 0 Å². The van der Waals surface area contributed by atoms with Crippen molar-refractivity contribution >= 4 is 16.7 Å². The van der Waals surface area contributed by atoms with Gasteiger partial charge in [0, 0.05) is 19.9 Å². The molecule has 6 nitrogen and oxygen atoms in total. The predicted octanol–water partition coefficient (Wildman–Crippen LogP) is 1.28. The van der Waals surface area contributed by atoms with Gasteiger partial charge in [-0.1, -0.05) is 0 Å². The van der Waals surface area contributed by atoms with E-state index in [2.05, 4.69) is 15.3 Å². The lowest BCUT2D eigenvalue weighted by Crippen LogP contribution is -2.33. The van der Waals surface area contributed by atoms with Crippen LogP contribution in [0.2, 0.25) is 0 Å². The van der Waals surface area contributed by atoms with Gasteiger partial charge in [-0.15, -0.1) is 0 Å². The molecule has 0 fully saturated rings. The number of aromatic amines is 2. The molecule has 0 radical (unpaired) electrons. The average molecular weight is 251 g/mol. The number of fused-ring (bicyclic) bond motifs is 1. The lowest BCUT2D eigenvalue weighted by Gasteiger charge is -2.23. The third-order valence-electron chi connectivity index (χ3n) is 2.78. The molecule has 0 aliphatic carbocycles. The number of H-pyrrole nitrogens is 2. The number of ether oxygens (including phenoxy) is 2. The second-order valence-electron chi connectivity index (χ2n) is 4.11. The van der Waals surface area contributed by atoms with E-state index in [0.29, 0.717) is 0 Å². The molecule has 2 rings (SSSR count). The van der Waals surface area contributed by atoms with Gasteiger partial charge >= 0.3 is 5.69 Å². The first-order chi connectivity index (χ1) is 8.63. The third kappa shape index (κ3) is 2.55. The van der Waals surface area contributed by atoms with Crippen molar-refractivity contribution in [2.45, 2.75) is 19.3 Å². The summed E-state index contributed by atoms with van der Waals surface area (Å²) in [6, 6.07) is 5.59. The summed E-state index contributed by atoms with van der Waals surface area (Å²) in [6.45, 7) is 1.96. The molecule has 2 aromatic rings. The highest BCUT2D eigenvalue weighted by atomic mass is 16.7. The van der Waals surface area contributed by atoms with Crippen LogP contribution in [-0.4, -0.2) is 36.5 Å². The van der Waals surface area contributed by atoms with Crippen molar-refractivity contribution in [3.63, 3.8) is 0 Å². The molecule has 0 saturated carbocycles. The van der Waals surface area contributed by atoms with Crippen molar-refractivity contribution in [1.29, 1.82) is 0 Å². The van der Waals surface area contributed by atoms with Crippen LogP contribution in [0.5, 0.6) is 0 Å². The highest BCUT2D eigenvalue weighted by molar-refractivity contribution is 5.78. The van der Waals surface area contributed by atoms with Crippen LogP contribution in [-0.2, 0) is 9.47 Å². The lowest BCUT2D eigenvalue weighted by atomic mass is 10.2. The topological polar surface area (TPSA) is 79.1 Å². The number of methoxy groups -OCH3 is 2. The van der Waals surface area contributed by atoms with Gasteiger partial charge < -0.3 is 24.8 Å². The summed E-state index contributed by atoms with van der Waals surface area (Å²) in [5.74, 6) is 0. The summed E-state index contributed by atoms with van der Waals surface area (Å²) in [5, 5.41) is 3.26. The number of hydrogen-bond donors (Lipinski definition) is 3. The van der Waals surface area contributed by atoms with Crippen LogP contribution >= 0.6 is 0 Å². The molecule has 0 saturated heterocycles. The van der Waals surface area contributed by atoms with Crippen molar-refractivity contribution in [2.75, 3.05) is 19.5 Å². The van der Waals surface area contributed by atoms with Gasteiger partial charge in [0.15, 0.2) is 6.29 Å². The Balaban J connectivity index is 2.18. The zero-order valence-electron chi connectivity index (χ0n) is 10.6. The fourth-order valence-corrected chi connectivity index (χ4v) is 1.96. The molecule has 3 N–H and O–H groups in total. The normalized spacial score (nSPS) is 13.1. The minimum Gasteiger partial charge on any atom is -0.377 e. The van der Waals surface area contributed by atoms with Crippen LogP contribution in [0.15, 0.2) is 23.0 Å². The standard InChI is InChI=1S/C12H17N3O3/c1-7(11(17-2)18-3)13-8-4-5-9-10(6-8)15-12(16)14-9/h4-7,11,13H,1-3H3,(H2,14,15,16). The van der Waals surface area contributed by atoms with E-state index in [1.54, 1.807) is 14.2 Å². The summed E-state index contributed by atoms with van der Waals surface area (Å²) in [5.41, 5.74) is 2.24. The summed E-state index contributed by atoms with van der Waals surface area (Å²) >= 11 is 0. The molecule has 0 aliphatic rings. The maximum atomic E-state index is 11.2. The summed E-state index contributed by atoms with van der Waals surface area (Å²) in [7, 11) is 3.19. The van der Waals surface area contributed by atoms with Crippen molar-refractivity contribution in [1.82, 2.24) is 9.97 Å². The lowest BCUT2D eigenvalue weighted by molar-refractivity contribution is -0.109. The first kappa shape index (κ1) is 12.7. The Morgan fingerprint density at radius 3 is 2.50 bits per heavy atom. The number of nitrogens with one attached hydrogen (secondary N) is 3. The first-order valence-electron chi connectivity index (χ1n) is 5.68. The number of aromatic nitrogens is 2. The smallest absolute Gasteiger partial charge is 0.323 e. The Kier molecular flexibility index (Phi) is 3.69. The Bertz CT molecular complexity index is 571. The van der Waals surface area contributed by atoms with Gasteiger partial charge in [-0.25, -0.2) is 4.79 Å². The van der Waals surface area contributed by atoms with Crippen LogP contribution in [0.1, 0.15) is 6.92 Å². The van der Waals surface area contributed by atoms with Crippen LogP contribution in [0, 0.1) is 0 Å². The summed E-state index contributed by atoms with van der Waals surface area (Å²) in [6.07, 6.45) is -0.328. The fraction of sp³-hybridized carbons (Fsp3) is 0.417. The summed E-state index contributed by atoms with van der Waals surface area (Å²) in [4.78, 5) is 16.6. The molecule has 1 atom stereocenters. The summed E-state index contributed by atoms with van der Waals surface area (Å²) < 4.78 is 10.4. The molecular formula is C12H17N3O3. The zero-order chi connectivity index (χ0) is 13.1. The second-order valence-corrected chi connectivity index (χ2v) is 4.11. The minimum atomic E-state index is -0.328. The molecule has 1 unspecified atom stereocenters. The monoisotopic (exact) mass is 251 g/mol. The number of benzene rings is 1. The molecule has 18 heavy (non-hydrogen) atoms. The molecule has 6 heteroatoms. The first-order valence-corrected chi connectivity index (χ1v) is 5.68. The van der Waals surface area contributed by atoms with E-state index >= 15 is 0 Å². The number of anilines is 1. The molecule has 98 valence electrons. The average Bonchev–Trinajstić information content (AvgIpc) is 2.70. The van der Waals surface area contributed by atoms with E-state index in [1.807, 2.05) is 25.1 Å². The Labute approximate surface area is 104 Å². The maximum Gasteiger partial charge on any atom is 0.323 e. The van der Waals surface area contributed by atoms with Gasteiger partial charge in [-0.05, 0) is 25.1 Å². The van der Waals surface area contributed by atoms with Crippen LogP contribution < -0.4 is 11.0 Å². The predicted molar refractivity (Wildman–Crippen MR) is 69.8 cm³/mol. The highest BCUT2D eigenvalue weighted by Crippen LogP contribution is 2.16. The Morgan fingerprint density at radius 2 is 1.83 bits per heavy atom. The molecule has 1 heterocycles. The molecule has 1 aromatic heterocycles. The number of imidazole rings is 1. The van der Waals surface area contributed by atoms with E-state index in [4.69, 9.17) is 9.47 Å². The minimum absolute atomic E-state index is 0.0110. The number of hydrogen-bond acceptors (Lipinski definition) is 4. The molecule has 0 bridgehead atoms. The van der Waals surface area contributed by atoms with Crippen molar-refractivity contribution in [3.05, 3.63) is 28.7 Å². The highest BCUT2D eigenvalue weighted by Gasteiger charge is 2.15. The van der Waals surface area contributed by atoms with Gasteiger partial charge in [0.05, 0.1) is 17.1 Å². The molecule has 0 aliphatic heterocycles. The van der Waals surface area contributed by atoms with E-state index in [1.165, 1.54) is 0 Å². The largest absolute Gasteiger partial charge is 0.377 e.